The molecule has 0 bridgehead atoms. The first-order valence-electron chi connectivity index (χ1n) is 5.94. The number of ether oxygens (including phenoxy) is 1. The SMILES string of the molecule is CN(CCCOc1ccccc1)C(=O)[C@H](N)CO. The zero-order chi connectivity index (χ0) is 13.4. The number of hydrogen-bond donors (Lipinski definition) is 2. The van der Waals surface area contributed by atoms with E-state index in [1.165, 1.54) is 4.90 Å². The van der Waals surface area contributed by atoms with E-state index < -0.39 is 6.04 Å². The summed E-state index contributed by atoms with van der Waals surface area (Å²) >= 11 is 0. The Kier molecular flexibility index (Phi) is 6.18. The Balaban J connectivity index is 2.20. The van der Waals surface area contributed by atoms with Crippen LogP contribution in [0, 0.1) is 0 Å². The molecule has 18 heavy (non-hydrogen) atoms. The lowest BCUT2D eigenvalue weighted by Crippen LogP contribution is -2.44. The molecule has 0 aromatic heterocycles. The Morgan fingerprint density at radius 3 is 2.72 bits per heavy atom. The normalized spacial score (nSPS) is 11.9. The lowest BCUT2D eigenvalue weighted by atomic mass is 10.3. The van der Waals surface area contributed by atoms with E-state index in [1.807, 2.05) is 30.3 Å². The van der Waals surface area contributed by atoms with Crippen LogP contribution < -0.4 is 10.5 Å². The fraction of sp³-hybridized carbons (Fsp3) is 0.462. The maximum Gasteiger partial charge on any atom is 0.241 e. The topological polar surface area (TPSA) is 75.8 Å². The number of carbonyl (C=O) groups excluding carboxylic acids is 1. The molecule has 0 unspecified atom stereocenters. The third-order valence-corrected chi connectivity index (χ3v) is 2.54. The van der Waals surface area contributed by atoms with E-state index in [1.54, 1.807) is 7.05 Å². The molecular weight excluding hydrogens is 232 g/mol. The highest BCUT2D eigenvalue weighted by molar-refractivity contribution is 5.81. The molecule has 0 aliphatic heterocycles. The first-order chi connectivity index (χ1) is 8.65. The van der Waals surface area contributed by atoms with Gasteiger partial charge in [-0.15, -0.1) is 0 Å². The van der Waals surface area contributed by atoms with Crippen molar-refractivity contribution in [3.8, 4) is 5.75 Å². The van der Waals surface area contributed by atoms with E-state index in [0.717, 1.165) is 12.2 Å². The van der Waals surface area contributed by atoms with Crippen LogP contribution in [0.25, 0.3) is 0 Å². The van der Waals surface area contributed by atoms with Crippen LogP contribution in [0.15, 0.2) is 30.3 Å². The van der Waals surface area contributed by atoms with Crippen molar-refractivity contribution in [2.75, 3.05) is 26.8 Å². The first kappa shape index (κ1) is 14.5. The zero-order valence-corrected chi connectivity index (χ0v) is 10.6. The van der Waals surface area contributed by atoms with Gasteiger partial charge in [0.05, 0.1) is 13.2 Å². The van der Waals surface area contributed by atoms with Gasteiger partial charge in [-0.3, -0.25) is 4.79 Å². The number of nitrogens with two attached hydrogens (primary N) is 1. The minimum atomic E-state index is -0.829. The van der Waals surface area contributed by atoms with Gasteiger partial charge in [0.25, 0.3) is 0 Å². The second kappa shape index (κ2) is 7.68. The highest BCUT2D eigenvalue weighted by atomic mass is 16.5. The average Bonchev–Trinajstić information content (AvgIpc) is 2.42. The number of aliphatic hydroxyl groups excluding tert-OH is 1. The minimum Gasteiger partial charge on any atom is -0.494 e. The number of nitrogens with zero attached hydrogens (tertiary/aromatic N) is 1. The number of aliphatic hydroxyl groups is 1. The van der Waals surface area contributed by atoms with Gasteiger partial charge in [-0.05, 0) is 18.6 Å². The molecule has 0 spiro atoms. The van der Waals surface area contributed by atoms with Crippen LogP contribution in [0.3, 0.4) is 0 Å². The van der Waals surface area contributed by atoms with Crippen LogP contribution in [-0.4, -0.2) is 48.8 Å². The molecule has 0 aliphatic rings. The molecule has 1 aromatic rings. The quantitative estimate of drug-likeness (QED) is 0.681. The van der Waals surface area contributed by atoms with E-state index in [9.17, 15) is 4.79 Å². The van der Waals surface area contributed by atoms with Gasteiger partial charge < -0.3 is 20.5 Å². The predicted molar refractivity (Wildman–Crippen MR) is 69.3 cm³/mol. The maximum absolute atomic E-state index is 11.5. The molecule has 0 aliphatic carbocycles. The molecule has 0 fully saturated rings. The van der Waals surface area contributed by atoms with E-state index in [0.29, 0.717) is 13.2 Å². The number of likely N-dealkylation sites (N-methyl/N-ethyl adjacent to an activating group) is 1. The fourth-order valence-electron chi connectivity index (χ4n) is 1.48. The second-order valence-electron chi connectivity index (χ2n) is 4.06. The lowest BCUT2D eigenvalue weighted by molar-refractivity contribution is -0.132. The molecule has 0 radical (unpaired) electrons. The maximum atomic E-state index is 11.5. The Bertz CT molecular complexity index is 357. The standard InChI is InChI=1S/C13H20N2O3/c1-15(13(17)12(14)10-16)8-5-9-18-11-6-3-2-4-7-11/h2-4,6-7,12,16H,5,8-10,14H2,1H3/t12-/m1/s1. The molecule has 1 atom stereocenters. The smallest absolute Gasteiger partial charge is 0.241 e. The van der Waals surface area contributed by atoms with Gasteiger partial charge in [0.15, 0.2) is 0 Å². The largest absolute Gasteiger partial charge is 0.494 e. The van der Waals surface area contributed by atoms with Crippen LogP contribution in [-0.2, 0) is 4.79 Å². The summed E-state index contributed by atoms with van der Waals surface area (Å²) in [5.74, 6) is 0.566. The van der Waals surface area contributed by atoms with Crippen molar-refractivity contribution >= 4 is 5.91 Å². The highest BCUT2D eigenvalue weighted by Gasteiger charge is 2.16. The van der Waals surface area contributed by atoms with E-state index in [2.05, 4.69) is 0 Å². The summed E-state index contributed by atoms with van der Waals surface area (Å²) < 4.78 is 5.50. The summed E-state index contributed by atoms with van der Waals surface area (Å²) in [7, 11) is 1.67. The highest BCUT2D eigenvalue weighted by Crippen LogP contribution is 2.08. The Morgan fingerprint density at radius 1 is 1.44 bits per heavy atom. The van der Waals surface area contributed by atoms with Crippen molar-refractivity contribution in [1.29, 1.82) is 0 Å². The van der Waals surface area contributed by atoms with Gasteiger partial charge in [0.2, 0.25) is 5.91 Å². The van der Waals surface area contributed by atoms with Gasteiger partial charge in [0, 0.05) is 13.6 Å². The average molecular weight is 252 g/mol. The van der Waals surface area contributed by atoms with Gasteiger partial charge in [-0.25, -0.2) is 0 Å². The van der Waals surface area contributed by atoms with Crippen LogP contribution in [0.1, 0.15) is 6.42 Å². The number of amides is 1. The van der Waals surface area contributed by atoms with Gasteiger partial charge in [-0.2, -0.15) is 0 Å². The van der Waals surface area contributed by atoms with Crippen molar-refractivity contribution in [2.24, 2.45) is 5.73 Å². The monoisotopic (exact) mass is 252 g/mol. The minimum absolute atomic E-state index is 0.253. The number of hydrogen-bond acceptors (Lipinski definition) is 4. The number of benzene rings is 1. The first-order valence-corrected chi connectivity index (χ1v) is 5.94. The molecular formula is C13H20N2O3. The van der Waals surface area contributed by atoms with E-state index in [-0.39, 0.29) is 12.5 Å². The molecule has 0 saturated carbocycles. The van der Waals surface area contributed by atoms with Crippen molar-refractivity contribution < 1.29 is 14.6 Å². The van der Waals surface area contributed by atoms with Crippen molar-refractivity contribution in [2.45, 2.75) is 12.5 Å². The summed E-state index contributed by atoms with van der Waals surface area (Å²) in [5, 5.41) is 8.78. The Hall–Kier alpha value is -1.59. The molecule has 5 nitrogen and oxygen atoms in total. The van der Waals surface area contributed by atoms with E-state index >= 15 is 0 Å². The molecule has 5 heteroatoms. The number of para-hydroxylation sites is 1. The van der Waals surface area contributed by atoms with Crippen LogP contribution in [0.2, 0.25) is 0 Å². The van der Waals surface area contributed by atoms with Crippen molar-refractivity contribution in [1.82, 2.24) is 4.90 Å². The third-order valence-electron chi connectivity index (χ3n) is 2.54. The Morgan fingerprint density at radius 2 is 2.11 bits per heavy atom. The summed E-state index contributed by atoms with van der Waals surface area (Å²) in [6.45, 7) is 0.763. The number of carbonyl (C=O) groups is 1. The van der Waals surface area contributed by atoms with Gasteiger partial charge >= 0.3 is 0 Å². The molecule has 1 rings (SSSR count). The predicted octanol–water partition coefficient (Wildman–Crippen LogP) is 0.233. The van der Waals surface area contributed by atoms with Crippen LogP contribution in [0.4, 0.5) is 0 Å². The molecule has 3 N–H and O–H groups in total. The summed E-state index contributed by atoms with van der Waals surface area (Å²) in [4.78, 5) is 13.0. The van der Waals surface area contributed by atoms with Gasteiger partial charge in [0.1, 0.15) is 11.8 Å². The molecule has 1 aromatic carbocycles. The molecule has 1 amide bonds. The second-order valence-corrected chi connectivity index (χ2v) is 4.06. The molecule has 100 valence electrons. The lowest BCUT2D eigenvalue weighted by Gasteiger charge is -2.20. The van der Waals surface area contributed by atoms with Crippen molar-refractivity contribution in [3.05, 3.63) is 30.3 Å². The Labute approximate surface area is 107 Å². The molecule has 0 heterocycles. The van der Waals surface area contributed by atoms with Gasteiger partial charge in [-0.1, -0.05) is 18.2 Å². The summed E-state index contributed by atoms with van der Waals surface area (Å²) in [6, 6.07) is 8.68. The van der Waals surface area contributed by atoms with E-state index in [4.69, 9.17) is 15.6 Å². The number of rotatable bonds is 7. The molecule has 0 saturated heterocycles. The third kappa shape index (κ3) is 4.73. The summed E-state index contributed by atoms with van der Waals surface area (Å²) in [6.07, 6.45) is 0.718. The van der Waals surface area contributed by atoms with Crippen LogP contribution >= 0.6 is 0 Å². The summed E-state index contributed by atoms with van der Waals surface area (Å²) in [5.41, 5.74) is 5.44. The fourth-order valence-corrected chi connectivity index (χ4v) is 1.48. The van der Waals surface area contributed by atoms with Crippen molar-refractivity contribution in [3.63, 3.8) is 0 Å². The van der Waals surface area contributed by atoms with Crippen LogP contribution in [0.5, 0.6) is 5.75 Å². The zero-order valence-electron chi connectivity index (χ0n) is 10.6.